The Hall–Kier alpha value is 0.170. The minimum atomic E-state index is -4.08. The highest BCUT2D eigenvalue weighted by atomic mass is 31.2. The Morgan fingerprint density at radius 3 is 2.30 bits per heavy atom. The van der Waals surface area contributed by atoms with E-state index in [9.17, 15) is 9.13 Å². The van der Waals surface area contributed by atoms with Crippen molar-refractivity contribution in [2.75, 3.05) is 7.11 Å². The van der Waals surface area contributed by atoms with Gasteiger partial charge in [0, 0.05) is 7.11 Å². The molecule has 4 N–H and O–H groups in total. The molecule has 0 amide bonds. The monoisotopic (exact) mass is 188 g/mol. The van der Waals surface area contributed by atoms with Gasteiger partial charge in [-0.25, -0.2) is 0 Å². The Morgan fingerprint density at radius 2 is 2.20 bits per heavy atom. The van der Waals surface area contributed by atoms with Crippen LogP contribution in [0.3, 0.4) is 0 Å². The predicted molar refractivity (Wildman–Crippen MR) is 34.6 cm³/mol. The van der Waals surface area contributed by atoms with Crippen molar-refractivity contribution in [3.63, 3.8) is 0 Å². The lowest BCUT2D eigenvalue weighted by Crippen LogP contribution is -2.16. The van der Waals surface area contributed by atoms with E-state index in [1.165, 1.54) is 0 Å². The van der Waals surface area contributed by atoms with Gasteiger partial charge in [0.1, 0.15) is 0 Å². The molecular weight excluding hydrogens is 180 g/mol. The topological polar surface area (TPSA) is 110 Å². The standard InChI is InChI=1S/C2H7NO5P2/c1-8-10(6,7)2(3)9(4)5/h2H,3H2,1H3,(H-,4,5,6,7)/p+1. The summed E-state index contributed by atoms with van der Waals surface area (Å²) < 4.78 is 24.7. The molecular formula is C2H8NO5P2+. The van der Waals surface area contributed by atoms with Gasteiger partial charge in [0.2, 0.25) is 0 Å². The van der Waals surface area contributed by atoms with Crippen LogP contribution in [0.25, 0.3) is 0 Å². The third-order valence-corrected chi connectivity index (χ3v) is 3.93. The van der Waals surface area contributed by atoms with E-state index in [1.54, 1.807) is 0 Å². The second-order valence-corrected chi connectivity index (χ2v) is 5.08. The van der Waals surface area contributed by atoms with Crippen LogP contribution in [-0.4, -0.2) is 22.4 Å². The fourth-order valence-corrected chi connectivity index (χ4v) is 1.73. The number of hydrogen-bond acceptors (Lipinski definition) is 4. The maximum atomic E-state index is 10.6. The highest BCUT2D eigenvalue weighted by Crippen LogP contribution is 2.52. The van der Waals surface area contributed by atoms with Gasteiger partial charge in [-0.2, -0.15) is 4.89 Å². The molecule has 0 aromatic carbocycles. The SMILES string of the molecule is COP(=O)(O)C(N)[P+](=O)O. The van der Waals surface area contributed by atoms with Crippen LogP contribution < -0.4 is 5.73 Å². The number of nitrogens with two attached hydrogens (primary N) is 1. The van der Waals surface area contributed by atoms with Crippen molar-refractivity contribution < 1.29 is 23.4 Å². The van der Waals surface area contributed by atoms with Crippen LogP contribution in [0.4, 0.5) is 0 Å². The second-order valence-electron chi connectivity index (χ2n) is 1.46. The zero-order valence-corrected chi connectivity index (χ0v) is 6.96. The third-order valence-electron chi connectivity index (χ3n) is 0.822. The molecule has 60 valence electrons. The van der Waals surface area contributed by atoms with Gasteiger partial charge in [0.05, 0.1) is 0 Å². The van der Waals surface area contributed by atoms with Gasteiger partial charge in [0.25, 0.3) is 0 Å². The molecule has 8 heteroatoms. The van der Waals surface area contributed by atoms with E-state index in [1.807, 2.05) is 0 Å². The molecule has 3 atom stereocenters. The molecule has 0 radical (unpaired) electrons. The second kappa shape index (κ2) is 3.53. The maximum Gasteiger partial charge on any atom is 0.537 e. The van der Waals surface area contributed by atoms with Gasteiger partial charge in [0.15, 0.2) is 0 Å². The minimum absolute atomic E-state index is 0.944. The minimum Gasteiger partial charge on any atom is -0.320 e. The van der Waals surface area contributed by atoms with Crippen LogP contribution in [0, 0.1) is 0 Å². The van der Waals surface area contributed by atoms with Gasteiger partial charge in [-0.05, 0) is 4.57 Å². The summed E-state index contributed by atoms with van der Waals surface area (Å²) in [6.07, 6.45) is 0. The van der Waals surface area contributed by atoms with Gasteiger partial charge >= 0.3 is 21.1 Å². The summed E-state index contributed by atoms with van der Waals surface area (Å²) in [5, 5.41) is 0. The Labute approximate surface area is 58.4 Å². The molecule has 6 nitrogen and oxygen atoms in total. The zero-order chi connectivity index (χ0) is 8.36. The largest absolute Gasteiger partial charge is 0.537 e. The average molecular weight is 188 g/mol. The summed E-state index contributed by atoms with van der Waals surface area (Å²) in [4.78, 5) is 16.9. The summed E-state index contributed by atoms with van der Waals surface area (Å²) in [7, 11) is -6.00. The summed E-state index contributed by atoms with van der Waals surface area (Å²) >= 11 is 0. The molecule has 0 aliphatic carbocycles. The smallest absolute Gasteiger partial charge is 0.320 e. The van der Waals surface area contributed by atoms with Crippen LogP contribution in [0.2, 0.25) is 0 Å². The fourth-order valence-electron chi connectivity index (χ4n) is 0.233. The Kier molecular flexibility index (Phi) is 3.59. The number of rotatable bonds is 3. The molecule has 0 heterocycles. The molecule has 0 fully saturated rings. The van der Waals surface area contributed by atoms with Crippen molar-refractivity contribution in [1.82, 2.24) is 0 Å². The van der Waals surface area contributed by atoms with Crippen molar-refractivity contribution in [3.05, 3.63) is 0 Å². The van der Waals surface area contributed by atoms with E-state index in [4.69, 9.17) is 15.5 Å². The van der Waals surface area contributed by atoms with Crippen LogP contribution in [-0.2, 0) is 13.7 Å². The normalized spacial score (nSPS) is 21.4. The molecule has 0 aliphatic rings. The van der Waals surface area contributed by atoms with Crippen molar-refractivity contribution >= 4 is 15.6 Å². The highest BCUT2D eigenvalue weighted by molar-refractivity contribution is 7.66. The Morgan fingerprint density at radius 1 is 1.80 bits per heavy atom. The third kappa shape index (κ3) is 2.42. The van der Waals surface area contributed by atoms with Crippen LogP contribution in [0.15, 0.2) is 0 Å². The summed E-state index contributed by atoms with van der Waals surface area (Å²) in [6, 6.07) is 0. The van der Waals surface area contributed by atoms with Crippen LogP contribution in [0.5, 0.6) is 0 Å². The van der Waals surface area contributed by atoms with E-state index >= 15 is 0 Å². The molecule has 0 aromatic rings. The van der Waals surface area contributed by atoms with Crippen molar-refractivity contribution in [2.45, 2.75) is 5.52 Å². The first kappa shape index (κ1) is 10.2. The summed E-state index contributed by atoms with van der Waals surface area (Å²) in [6.45, 7) is 0. The zero-order valence-electron chi connectivity index (χ0n) is 5.17. The van der Waals surface area contributed by atoms with E-state index in [-0.39, 0.29) is 0 Å². The molecule has 3 unspecified atom stereocenters. The first-order chi connectivity index (χ1) is 4.41. The molecule has 0 spiro atoms. The Balaban J connectivity index is 4.33. The first-order valence-corrected chi connectivity index (χ1v) is 5.13. The van der Waals surface area contributed by atoms with E-state index in [2.05, 4.69) is 4.52 Å². The lowest BCUT2D eigenvalue weighted by atomic mass is 11.5. The fraction of sp³-hybridized carbons (Fsp3) is 1.00. The van der Waals surface area contributed by atoms with Crippen LogP contribution >= 0.6 is 15.6 Å². The summed E-state index contributed by atoms with van der Waals surface area (Å²) in [5.74, 6) is 0. The van der Waals surface area contributed by atoms with E-state index in [0.29, 0.717) is 0 Å². The molecule has 0 aliphatic heterocycles. The summed E-state index contributed by atoms with van der Waals surface area (Å²) in [5.41, 5.74) is 3.12. The van der Waals surface area contributed by atoms with Crippen molar-refractivity contribution in [2.24, 2.45) is 5.73 Å². The lowest BCUT2D eigenvalue weighted by molar-refractivity contribution is 0.311. The molecule has 10 heavy (non-hydrogen) atoms. The molecule has 0 bridgehead atoms. The van der Waals surface area contributed by atoms with Crippen molar-refractivity contribution in [3.8, 4) is 0 Å². The highest BCUT2D eigenvalue weighted by Gasteiger charge is 2.43. The maximum absolute atomic E-state index is 10.6. The predicted octanol–water partition coefficient (Wildman–Crippen LogP) is -0.205. The number of hydrogen-bond donors (Lipinski definition) is 3. The average Bonchev–Trinajstić information content (AvgIpc) is 1.86. The lowest BCUT2D eigenvalue weighted by Gasteiger charge is -2.04. The van der Waals surface area contributed by atoms with Gasteiger partial charge in [-0.3, -0.25) is 10.3 Å². The van der Waals surface area contributed by atoms with E-state index in [0.717, 1.165) is 7.11 Å². The first-order valence-electron chi connectivity index (χ1n) is 2.21. The van der Waals surface area contributed by atoms with Gasteiger partial charge in [-0.1, -0.05) is 0 Å². The molecule has 0 rings (SSSR count). The van der Waals surface area contributed by atoms with E-state index < -0.39 is 21.1 Å². The van der Waals surface area contributed by atoms with Crippen LogP contribution in [0.1, 0.15) is 0 Å². The van der Waals surface area contributed by atoms with Crippen molar-refractivity contribution in [1.29, 1.82) is 0 Å². The van der Waals surface area contributed by atoms with Gasteiger partial charge in [-0.15, -0.1) is 0 Å². The molecule has 0 saturated heterocycles. The molecule has 0 aromatic heterocycles. The molecule has 0 saturated carbocycles. The Bertz CT molecular complexity index is 180. The quantitative estimate of drug-likeness (QED) is 0.528. The van der Waals surface area contributed by atoms with Gasteiger partial charge < -0.3 is 9.42 Å².